The molecule has 20 heavy (non-hydrogen) atoms. The van der Waals surface area contributed by atoms with Gasteiger partial charge in [0.2, 0.25) is 5.91 Å². The summed E-state index contributed by atoms with van der Waals surface area (Å²) in [6.07, 6.45) is 2.53. The Bertz CT molecular complexity index is 577. The van der Waals surface area contributed by atoms with Crippen LogP contribution in [0.25, 0.3) is 0 Å². The summed E-state index contributed by atoms with van der Waals surface area (Å²) < 4.78 is 1.43. The maximum Gasteiger partial charge on any atom is 0.249 e. The first-order valence-corrected chi connectivity index (χ1v) is 6.55. The van der Waals surface area contributed by atoms with Crippen LogP contribution in [0.1, 0.15) is 31.1 Å². The van der Waals surface area contributed by atoms with E-state index in [1.54, 1.807) is 13.1 Å². The normalized spacial score (nSPS) is 12.2. The Morgan fingerprint density at radius 1 is 1.40 bits per heavy atom. The lowest BCUT2D eigenvalue weighted by atomic mass is 10.1. The quantitative estimate of drug-likeness (QED) is 0.866. The van der Waals surface area contributed by atoms with Gasteiger partial charge in [-0.15, -0.1) is 5.10 Å². The summed E-state index contributed by atoms with van der Waals surface area (Å²) >= 11 is 0. The summed E-state index contributed by atoms with van der Waals surface area (Å²) in [4.78, 5) is 12.1. The van der Waals surface area contributed by atoms with E-state index in [9.17, 15) is 4.79 Å². The Hall–Kier alpha value is -2.21. The molecule has 0 saturated heterocycles. The molecule has 6 heteroatoms. The Balaban J connectivity index is 2.02. The van der Waals surface area contributed by atoms with Gasteiger partial charge in [-0.3, -0.25) is 4.79 Å². The number of hydrogen-bond acceptors (Lipinski definition) is 4. The second-order valence-electron chi connectivity index (χ2n) is 4.56. The van der Waals surface area contributed by atoms with Crippen molar-refractivity contribution in [2.45, 2.75) is 32.9 Å². The van der Waals surface area contributed by atoms with Crippen molar-refractivity contribution in [3.63, 3.8) is 0 Å². The number of carbonyl (C=O) groups is 1. The zero-order valence-corrected chi connectivity index (χ0v) is 11.6. The summed E-state index contributed by atoms with van der Waals surface area (Å²) in [5.41, 5.74) is 2.42. The molecule has 2 rings (SSSR count). The standard InChI is InChI=1S/C14H18N4O2/c1-3-11-4-6-12(7-5-11)15-14(20)10(2)18-8-13(9-19)16-17-18/h4-8,10,19H,3,9H2,1-2H3,(H,15,20). The molecule has 0 fully saturated rings. The van der Waals surface area contributed by atoms with E-state index in [4.69, 9.17) is 5.11 Å². The first-order chi connectivity index (χ1) is 9.63. The highest BCUT2D eigenvalue weighted by molar-refractivity contribution is 5.93. The van der Waals surface area contributed by atoms with Crippen LogP contribution >= 0.6 is 0 Å². The van der Waals surface area contributed by atoms with Crippen LogP contribution in [0.5, 0.6) is 0 Å². The number of carbonyl (C=O) groups excluding carboxylic acids is 1. The fourth-order valence-corrected chi connectivity index (χ4v) is 1.77. The molecule has 0 aliphatic heterocycles. The maximum atomic E-state index is 12.1. The topological polar surface area (TPSA) is 80.0 Å². The smallest absolute Gasteiger partial charge is 0.249 e. The molecule has 2 N–H and O–H groups in total. The van der Waals surface area contributed by atoms with Crippen LogP contribution in [-0.2, 0) is 17.8 Å². The van der Waals surface area contributed by atoms with Crippen LogP contribution in [0.4, 0.5) is 5.69 Å². The van der Waals surface area contributed by atoms with E-state index in [2.05, 4.69) is 22.6 Å². The molecule has 0 radical (unpaired) electrons. The van der Waals surface area contributed by atoms with Gasteiger partial charge in [-0.25, -0.2) is 4.68 Å². The molecule has 2 aromatic rings. The molecule has 0 saturated carbocycles. The Labute approximate surface area is 117 Å². The molecule has 1 aromatic carbocycles. The third-order valence-corrected chi connectivity index (χ3v) is 3.13. The summed E-state index contributed by atoms with van der Waals surface area (Å²) in [6.45, 7) is 3.62. The number of benzene rings is 1. The van der Waals surface area contributed by atoms with E-state index in [1.807, 2.05) is 24.3 Å². The highest BCUT2D eigenvalue weighted by Crippen LogP contribution is 2.13. The van der Waals surface area contributed by atoms with E-state index in [0.29, 0.717) is 5.69 Å². The lowest BCUT2D eigenvalue weighted by Gasteiger charge is -2.12. The SMILES string of the molecule is CCc1ccc(NC(=O)C(C)n2cc(CO)nn2)cc1. The molecule has 106 valence electrons. The third-order valence-electron chi connectivity index (χ3n) is 3.13. The van der Waals surface area contributed by atoms with Crippen molar-refractivity contribution in [1.29, 1.82) is 0 Å². The van der Waals surface area contributed by atoms with Crippen LogP contribution in [-0.4, -0.2) is 26.0 Å². The van der Waals surface area contributed by atoms with Gasteiger partial charge in [0.05, 0.1) is 12.8 Å². The van der Waals surface area contributed by atoms with Crippen LogP contribution in [0.15, 0.2) is 30.5 Å². The number of amides is 1. The van der Waals surface area contributed by atoms with E-state index < -0.39 is 6.04 Å². The number of aryl methyl sites for hydroxylation is 1. The number of aliphatic hydroxyl groups is 1. The average molecular weight is 274 g/mol. The van der Waals surface area contributed by atoms with E-state index in [-0.39, 0.29) is 12.5 Å². The number of aliphatic hydroxyl groups excluding tert-OH is 1. The monoisotopic (exact) mass is 274 g/mol. The average Bonchev–Trinajstić information content (AvgIpc) is 2.96. The van der Waals surface area contributed by atoms with Gasteiger partial charge >= 0.3 is 0 Å². The van der Waals surface area contributed by atoms with Crippen LogP contribution < -0.4 is 5.32 Å². The molecule has 1 heterocycles. The number of rotatable bonds is 5. The molecule has 6 nitrogen and oxygen atoms in total. The molecule has 0 aliphatic rings. The van der Waals surface area contributed by atoms with E-state index >= 15 is 0 Å². The molecule has 1 aromatic heterocycles. The third kappa shape index (κ3) is 3.21. The molecule has 1 amide bonds. The second-order valence-corrected chi connectivity index (χ2v) is 4.56. The lowest BCUT2D eigenvalue weighted by Crippen LogP contribution is -2.24. The van der Waals surface area contributed by atoms with Gasteiger partial charge in [0, 0.05) is 5.69 Å². The molecule has 0 aliphatic carbocycles. The van der Waals surface area contributed by atoms with Gasteiger partial charge in [-0.1, -0.05) is 24.3 Å². The molecule has 1 unspecified atom stereocenters. The van der Waals surface area contributed by atoms with Crippen LogP contribution in [0.2, 0.25) is 0 Å². The van der Waals surface area contributed by atoms with Crippen molar-refractivity contribution >= 4 is 11.6 Å². The van der Waals surface area contributed by atoms with Crippen molar-refractivity contribution in [3.8, 4) is 0 Å². The van der Waals surface area contributed by atoms with Crippen molar-refractivity contribution in [2.24, 2.45) is 0 Å². The minimum absolute atomic E-state index is 0.177. The maximum absolute atomic E-state index is 12.1. The first kappa shape index (κ1) is 14.2. The fourth-order valence-electron chi connectivity index (χ4n) is 1.77. The number of nitrogens with one attached hydrogen (secondary N) is 1. The van der Waals surface area contributed by atoms with Crippen molar-refractivity contribution in [3.05, 3.63) is 41.7 Å². The highest BCUT2D eigenvalue weighted by atomic mass is 16.3. The highest BCUT2D eigenvalue weighted by Gasteiger charge is 2.16. The Morgan fingerprint density at radius 2 is 2.10 bits per heavy atom. The van der Waals surface area contributed by atoms with Gasteiger partial charge in [-0.2, -0.15) is 0 Å². The molecular weight excluding hydrogens is 256 g/mol. The van der Waals surface area contributed by atoms with Gasteiger partial charge in [0.1, 0.15) is 11.7 Å². The van der Waals surface area contributed by atoms with Gasteiger partial charge in [0.15, 0.2) is 0 Å². The second kappa shape index (κ2) is 6.29. The number of hydrogen-bond donors (Lipinski definition) is 2. The van der Waals surface area contributed by atoms with Crippen LogP contribution in [0, 0.1) is 0 Å². The predicted molar refractivity (Wildman–Crippen MR) is 75.1 cm³/mol. The fraction of sp³-hybridized carbons (Fsp3) is 0.357. The van der Waals surface area contributed by atoms with Gasteiger partial charge in [-0.05, 0) is 31.0 Å². The minimum Gasteiger partial charge on any atom is -0.390 e. The lowest BCUT2D eigenvalue weighted by molar-refractivity contribution is -0.119. The largest absolute Gasteiger partial charge is 0.390 e. The van der Waals surface area contributed by atoms with Gasteiger partial charge < -0.3 is 10.4 Å². The Morgan fingerprint density at radius 3 is 2.65 bits per heavy atom. The predicted octanol–water partition coefficient (Wildman–Crippen LogP) is 1.53. The zero-order chi connectivity index (χ0) is 14.5. The van der Waals surface area contributed by atoms with Gasteiger partial charge in [0.25, 0.3) is 0 Å². The summed E-state index contributed by atoms with van der Waals surface area (Å²) in [7, 11) is 0. The van der Waals surface area contributed by atoms with Crippen molar-refractivity contribution < 1.29 is 9.90 Å². The summed E-state index contributed by atoms with van der Waals surface area (Å²) in [5, 5.41) is 19.3. The number of aromatic nitrogens is 3. The first-order valence-electron chi connectivity index (χ1n) is 6.55. The number of anilines is 1. The Kier molecular flexibility index (Phi) is 4.47. The van der Waals surface area contributed by atoms with Crippen molar-refractivity contribution in [2.75, 3.05) is 5.32 Å². The molecular formula is C14H18N4O2. The van der Waals surface area contributed by atoms with Crippen LogP contribution in [0.3, 0.4) is 0 Å². The molecule has 1 atom stereocenters. The molecule has 0 spiro atoms. The van der Waals surface area contributed by atoms with E-state index in [0.717, 1.165) is 12.1 Å². The van der Waals surface area contributed by atoms with Crippen molar-refractivity contribution in [1.82, 2.24) is 15.0 Å². The zero-order valence-electron chi connectivity index (χ0n) is 11.6. The number of nitrogens with zero attached hydrogens (tertiary/aromatic N) is 3. The summed E-state index contributed by atoms with van der Waals surface area (Å²) in [5.74, 6) is -0.177. The molecule has 0 bridgehead atoms. The minimum atomic E-state index is -0.492. The summed E-state index contributed by atoms with van der Waals surface area (Å²) in [6, 6.07) is 7.24. The van der Waals surface area contributed by atoms with E-state index in [1.165, 1.54) is 10.2 Å².